The fraction of sp³-hybridized carbons (Fsp3) is 0.417. The Kier molecular flexibility index (Phi) is 6.07. The van der Waals surface area contributed by atoms with Gasteiger partial charge in [0.1, 0.15) is 0 Å². The van der Waals surface area contributed by atoms with Crippen LogP contribution in [0.4, 0.5) is 18.0 Å². The van der Waals surface area contributed by atoms with Crippen molar-refractivity contribution in [1.29, 1.82) is 0 Å². The van der Waals surface area contributed by atoms with Gasteiger partial charge in [-0.15, -0.1) is 0 Å². The number of carboxylic acid groups (broad SMARTS) is 1. The number of hydrogen-bond acceptors (Lipinski definition) is 5. The van der Waals surface area contributed by atoms with Crippen LogP contribution in [-0.2, 0) is 12.7 Å². The standard InChI is InChI=1S/C24H25F3N6O3/c25-24(26,27)18-13-17(14-19(15-18)32-9-2-7-28-32)16-31-8-1-4-23(31)5-11-30(12-6-23)22(36)33-10-3-20(29-33)21(34)35/h2-3,7,9-10,13-15H,1,4-6,8,11-12,16H2,(H,34,35). The van der Waals surface area contributed by atoms with Gasteiger partial charge in [0.15, 0.2) is 5.69 Å². The Morgan fingerprint density at radius 2 is 1.83 bits per heavy atom. The zero-order valence-electron chi connectivity index (χ0n) is 19.4. The Labute approximate surface area is 204 Å². The molecule has 0 aliphatic carbocycles. The number of rotatable bonds is 4. The summed E-state index contributed by atoms with van der Waals surface area (Å²) in [6.07, 6.45) is 3.19. The average Bonchev–Trinajstić information content (AvgIpc) is 3.61. The number of amides is 1. The molecule has 4 heterocycles. The molecule has 1 amide bonds. The van der Waals surface area contributed by atoms with E-state index in [1.165, 1.54) is 29.2 Å². The van der Waals surface area contributed by atoms with Crippen LogP contribution in [0, 0.1) is 0 Å². The van der Waals surface area contributed by atoms with Crippen LogP contribution in [0.1, 0.15) is 47.3 Å². The number of benzene rings is 1. The molecule has 0 radical (unpaired) electrons. The van der Waals surface area contributed by atoms with E-state index < -0.39 is 17.7 Å². The molecule has 0 bridgehead atoms. The lowest BCUT2D eigenvalue weighted by molar-refractivity contribution is -0.137. The minimum Gasteiger partial charge on any atom is -0.476 e. The molecular weight excluding hydrogens is 477 g/mol. The first-order chi connectivity index (χ1) is 17.1. The fourth-order valence-electron chi connectivity index (χ4n) is 5.31. The maximum absolute atomic E-state index is 13.6. The lowest BCUT2D eigenvalue weighted by Crippen LogP contribution is -2.53. The van der Waals surface area contributed by atoms with E-state index >= 15 is 0 Å². The summed E-state index contributed by atoms with van der Waals surface area (Å²) >= 11 is 0. The van der Waals surface area contributed by atoms with Crippen LogP contribution < -0.4 is 0 Å². The smallest absolute Gasteiger partial charge is 0.416 e. The van der Waals surface area contributed by atoms with Crippen molar-refractivity contribution in [3.05, 3.63) is 65.7 Å². The number of halogens is 3. The van der Waals surface area contributed by atoms with Crippen LogP contribution in [0.5, 0.6) is 0 Å². The highest BCUT2D eigenvalue weighted by molar-refractivity contribution is 5.86. The maximum Gasteiger partial charge on any atom is 0.416 e. The maximum atomic E-state index is 13.6. The topological polar surface area (TPSA) is 96.5 Å². The van der Waals surface area contributed by atoms with Gasteiger partial charge in [0.05, 0.1) is 11.3 Å². The Morgan fingerprint density at radius 3 is 2.47 bits per heavy atom. The van der Waals surface area contributed by atoms with Crippen LogP contribution in [0.25, 0.3) is 5.69 Å². The van der Waals surface area contributed by atoms with E-state index in [1.54, 1.807) is 23.2 Å². The highest BCUT2D eigenvalue weighted by Gasteiger charge is 2.44. The Morgan fingerprint density at radius 1 is 1.06 bits per heavy atom. The van der Waals surface area contributed by atoms with E-state index in [9.17, 15) is 22.8 Å². The second-order valence-electron chi connectivity index (χ2n) is 9.31. The van der Waals surface area contributed by atoms with Crippen molar-refractivity contribution in [2.75, 3.05) is 19.6 Å². The molecule has 2 fully saturated rings. The van der Waals surface area contributed by atoms with E-state index in [1.807, 2.05) is 0 Å². The van der Waals surface area contributed by atoms with Crippen LogP contribution in [0.2, 0.25) is 0 Å². The van der Waals surface area contributed by atoms with Crippen molar-refractivity contribution >= 4 is 12.0 Å². The van der Waals surface area contributed by atoms with Gasteiger partial charge in [0.2, 0.25) is 0 Å². The fourth-order valence-corrected chi connectivity index (χ4v) is 5.31. The molecular formula is C24H25F3N6O3. The van der Waals surface area contributed by atoms with E-state index in [0.29, 0.717) is 43.7 Å². The predicted octanol–water partition coefficient (Wildman–Crippen LogP) is 3.88. The van der Waals surface area contributed by atoms with Gasteiger partial charge in [0.25, 0.3) is 0 Å². The normalized spacial score (nSPS) is 18.1. The summed E-state index contributed by atoms with van der Waals surface area (Å²) in [6, 6.07) is 6.60. The lowest BCUT2D eigenvalue weighted by atomic mass is 9.84. The number of aromatic nitrogens is 4. The minimum absolute atomic E-state index is 0.200. The monoisotopic (exact) mass is 502 g/mol. The number of likely N-dealkylation sites (tertiary alicyclic amines) is 2. The number of nitrogens with zero attached hydrogens (tertiary/aromatic N) is 6. The number of piperidine rings is 1. The Hall–Kier alpha value is -3.67. The first-order valence-electron chi connectivity index (χ1n) is 11.7. The number of carbonyl (C=O) groups is 2. The number of aromatic carboxylic acids is 1. The Bertz CT molecular complexity index is 1260. The van der Waals surface area contributed by atoms with Crippen LogP contribution in [0.3, 0.4) is 0 Å². The number of hydrogen-bond donors (Lipinski definition) is 1. The van der Waals surface area contributed by atoms with Gasteiger partial charge in [-0.2, -0.15) is 28.1 Å². The summed E-state index contributed by atoms with van der Waals surface area (Å²) in [4.78, 5) is 27.7. The summed E-state index contributed by atoms with van der Waals surface area (Å²) in [5.41, 5.74) is -0.187. The van der Waals surface area contributed by atoms with Crippen LogP contribution in [0.15, 0.2) is 48.9 Å². The van der Waals surface area contributed by atoms with Crippen molar-refractivity contribution in [2.24, 2.45) is 0 Å². The molecule has 3 aromatic rings. The van der Waals surface area contributed by atoms with Crippen molar-refractivity contribution in [1.82, 2.24) is 29.4 Å². The average molecular weight is 502 g/mol. The summed E-state index contributed by atoms with van der Waals surface area (Å²) in [6.45, 7) is 2.05. The first-order valence-corrected chi connectivity index (χ1v) is 11.7. The van der Waals surface area contributed by atoms with Gasteiger partial charge >= 0.3 is 18.2 Å². The van der Waals surface area contributed by atoms with Crippen LogP contribution in [-0.4, -0.2) is 71.6 Å². The molecule has 5 rings (SSSR count). The van der Waals surface area contributed by atoms with Gasteiger partial charge in [-0.1, -0.05) is 0 Å². The molecule has 12 heteroatoms. The predicted molar refractivity (Wildman–Crippen MR) is 122 cm³/mol. The molecule has 1 spiro atoms. The van der Waals surface area contributed by atoms with Crippen molar-refractivity contribution < 1.29 is 27.9 Å². The number of carbonyl (C=O) groups excluding carboxylic acids is 1. The van der Waals surface area contributed by atoms with Gasteiger partial charge < -0.3 is 10.0 Å². The van der Waals surface area contributed by atoms with Gasteiger partial charge in [-0.3, -0.25) is 4.90 Å². The molecule has 1 N–H and O–H groups in total. The molecule has 190 valence electrons. The Balaban J connectivity index is 1.32. The molecule has 2 aliphatic rings. The quantitative estimate of drug-likeness (QED) is 0.582. The highest BCUT2D eigenvalue weighted by atomic mass is 19.4. The zero-order chi connectivity index (χ0) is 25.5. The molecule has 36 heavy (non-hydrogen) atoms. The van der Waals surface area contributed by atoms with E-state index in [2.05, 4.69) is 15.1 Å². The van der Waals surface area contributed by atoms with Crippen LogP contribution >= 0.6 is 0 Å². The third-order valence-electron chi connectivity index (χ3n) is 7.16. The SMILES string of the molecule is O=C(O)c1ccn(C(=O)N2CCC3(CCCN3Cc3cc(-n4cccn4)cc(C(F)(F)F)c3)CC2)n1. The van der Waals surface area contributed by atoms with E-state index in [-0.39, 0.29) is 17.3 Å². The molecule has 2 aromatic heterocycles. The van der Waals surface area contributed by atoms with Crippen molar-refractivity contribution in [2.45, 2.75) is 43.9 Å². The molecule has 2 saturated heterocycles. The molecule has 9 nitrogen and oxygen atoms in total. The molecule has 1 aromatic carbocycles. The largest absolute Gasteiger partial charge is 0.476 e. The molecule has 0 saturated carbocycles. The molecule has 0 atom stereocenters. The zero-order valence-corrected chi connectivity index (χ0v) is 19.4. The molecule has 2 aliphatic heterocycles. The number of carboxylic acids is 1. The van der Waals surface area contributed by atoms with E-state index in [4.69, 9.17) is 5.11 Å². The first kappa shape index (κ1) is 24.0. The summed E-state index contributed by atoms with van der Waals surface area (Å²) in [5.74, 6) is -1.20. The summed E-state index contributed by atoms with van der Waals surface area (Å²) in [7, 11) is 0. The highest BCUT2D eigenvalue weighted by Crippen LogP contribution is 2.40. The van der Waals surface area contributed by atoms with Gasteiger partial charge in [-0.05, 0) is 68.1 Å². The second-order valence-corrected chi connectivity index (χ2v) is 9.31. The third kappa shape index (κ3) is 4.60. The van der Waals surface area contributed by atoms with Crippen molar-refractivity contribution in [3.63, 3.8) is 0 Å². The van der Waals surface area contributed by atoms with Gasteiger partial charge in [0, 0.05) is 43.8 Å². The van der Waals surface area contributed by atoms with E-state index in [0.717, 1.165) is 30.1 Å². The minimum atomic E-state index is -4.47. The lowest BCUT2D eigenvalue weighted by Gasteiger charge is -2.45. The van der Waals surface area contributed by atoms with Crippen molar-refractivity contribution in [3.8, 4) is 5.69 Å². The molecule has 0 unspecified atom stereocenters. The van der Waals surface area contributed by atoms with Gasteiger partial charge in [-0.25, -0.2) is 14.3 Å². The third-order valence-corrected chi connectivity index (χ3v) is 7.16. The number of alkyl halides is 3. The summed E-state index contributed by atoms with van der Waals surface area (Å²) in [5, 5.41) is 16.9. The second kappa shape index (κ2) is 9.08. The summed E-state index contributed by atoms with van der Waals surface area (Å²) < 4.78 is 43.4.